The molecule has 2 rings (SSSR count). The number of carbonyl (C=O) groups is 1. The summed E-state index contributed by atoms with van der Waals surface area (Å²) in [5.41, 5.74) is 1.23. The van der Waals surface area contributed by atoms with Crippen LogP contribution in [0.25, 0.3) is 0 Å². The molecule has 0 saturated heterocycles. The minimum Gasteiger partial charge on any atom is -0.281 e. The molecule has 1 saturated carbocycles. The fourth-order valence-corrected chi connectivity index (χ4v) is 1.76. The summed E-state index contributed by atoms with van der Waals surface area (Å²) in [7, 11) is 0. The van der Waals surface area contributed by atoms with Gasteiger partial charge in [-0.2, -0.15) is 0 Å². The lowest BCUT2D eigenvalue weighted by molar-refractivity contribution is -0.112. The predicted octanol–water partition coefficient (Wildman–Crippen LogP) is 3.19. The van der Waals surface area contributed by atoms with Crippen LogP contribution in [0.2, 0.25) is 0 Å². The molecule has 0 unspecified atom stereocenters. The molecular weight excluding hydrogens is 184 g/mol. The maximum Gasteiger partial charge on any atom is 0.225 e. The van der Waals surface area contributed by atoms with Crippen molar-refractivity contribution in [1.82, 2.24) is 0 Å². The van der Waals surface area contributed by atoms with E-state index in [1.54, 1.807) is 0 Å². The third-order valence-corrected chi connectivity index (χ3v) is 2.59. The molecule has 1 aromatic rings. The highest BCUT2D eigenvalue weighted by atomic mass is 35.5. The molecule has 13 heavy (non-hydrogen) atoms. The van der Waals surface area contributed by atoms with Crippen LogP contribution in [0.3, 0.4) is 0 Å². The molecule has 0 aromatic heterocycles. The molecule has 0 spiro atoms. The molecule has 1 fully saturated rings. The molecule has 2 atom stereocenters. The molecular formula is C11H13ClO. The van der Waals surface area contributed by atoms with E-state index in [0.717, 1.165) is 6.42 Å². The summed E-state index contributed by atoms with van der Waals surface area (Å²) in [6, 6.07) is 10.0. The minimum absolute atomic E-state index is 0. The molecule has 0 radical (unpaired) electrons. The molecule has 1 aliphatic rings. The number of benzene rings is 1. The van der Waals surface area contributed by atoms with Crippen molar-refractivity contribution in [2.75, 3.05) is 0 Å². The largest absolute Gasteiger partial charge is 0.281 e. The van der Waals surface area contributed by atoms with Crippen molar-refractivity contribution in [1.29, 1.82) is 0 Å². The zero-order valence-electron chi connectivity index (χ0n) is 6.53. The Balaban J connectivity index is 0.000000845. The summed E-state index contributed by atoms with van der Waals surface area (Å²) >= 11 is 5.38. The van der Waals surface area contributed by atoms with Gasteiger partial charge in [0.1, 0.15) is 0 Å². The second kappa shape index (κ2) is 3.93. The van der Waals surface area contributed by atoms with Gasteiger partial charge in [0.05, 0.1) is 0 Å². The Morgan fingerprint density at radius 1 is 1.31 bits per heavy atom. The lowest BCUT2D eigenvalue weighted by atomic mass is 10.1. The van der Waals surface area contributed by atoms with E-state index >= 15 is 0 Å². The van der Waals surface area contributed by atoms with E-state index in [1.807, 2.05) is 30.3 Å². The van der Waals surface area contributed by atoms with Gasteiger partial charge in [0, 0.05) is 5.92 Å². The third-order valence-electron chi connectivity index (χ3n) is 2.31. The first-order valence-corrected chi connectivity index (χ1v) is 4.41. The molecule has 2 heteroatoms. The molecule has 0 heterocycles. The van der Waals surface area contributed by atoms with Gasteiger partial charge in [0.25, 0.3) is 0 Å². The van der Waals surface area contributed by atoms with Gasteiger partial charge in [0.15, 0.2) is 0 Å². The average Bonchev–Trinajstić information content (AvgIpc) is 2.84. The Morgan fingerprint density at radius 3 is 2.38 bits per heavy atom. The topological polar surface area (TPSA) is 17.1 Å². The van der Waals surface area contributed by atoms with Crippen molar-refractivity contribution in [3.05, 3.63) is 35.9 Å². The molecule has 0 aliphatic heterocycles. The monoisotopic (exact) mass is 196 g/mol. The average molecular weight is 197 g/mol. The minimum atomic E-state index is -0.191. The second-order valence-corrected chi connectivity index (χ2v) is 3.54. The summed E-state index contributed by atoms with van der Waals surface area (Å²) in [6.45, 7) is 0. The quantitative estimate of drug-likeness (QED) is 0.664. The number of halogens is 1. The fourth-order valence-electron chi connectivity index (χ4n) is 1.51. The van der Waals surface area contributed by atoms with Crippen molar-refractivity contribution >= 4 is 16.8 Å². The summed E-state index contributed by atoms with van der Waals surface area (Å²) < 4.78 is 0. The summed E-state index contributed by atoms with van der Waals surface area (Å²) in [5, 5.41) is -0.191. The number of rotatable bonds is 2. The summed E-state index contributed by atoms with van der Waals surface area (Å²) in [5.74, 6) is 0.463. The van der Waals surface area contributed by atoms with Crippen LogP contribution in [0, 0.1) is 5.92 Å². The van der Waals surface area contributed by atoms with Gasteiger partial charge in [-0.15, -0.1) is 0 Å². The van der Waals surface area contributed by atoms with E-state index in [4.69, 9.17) is 11.6 Å². The van der Waals surface area contributed by atoms with Crippen LogP contribution in [0.5, 0.6) is 0 Å². The fraction of sp³-hybridized carbons (Fsp3) is 0.364. The number of carbonyl (C=O) groups excluding carboxylic acids is 1. The molecule has 1 nitrogen and oxygen atoms in total. The van der Waals surface area contributed by atoms with Crippen LogP contribution in [0.1, 0.15) is 25.3 Å². The van der Waals surface area contributed by atoms with Crippen LogP contribution < -0.4 is 0 Å². The Labute approximate surface area is 83.7 Å². The van der Waals surface area contributed by atoms with Crippen LogP contribution in [0.15, 0.2) is 30.3 Å². The Bertz CT molecular complexity index is 294. The van der Waals surface area contributed by atoms with Gasteiger partial charge in [-0.1, -0.05) is 37.8 Å². The highest BCUT2D eigenvalue weighted by Gasteiger charge is 2.42. The van der Waals surface area contributed by atoms with Crippen molar-refractivity contribution in [3.8, 4) is 0 Å². The molecule has 1 aromatic carbocycles. The standard InChI is InChI=1S/C10H9ClO.CH4/c11-10(12)9-6-8(9)7-4-2-1-3-5-7;/h1-5,8-9H,6H2;1H4/t8-,9+;/m0./s1. The van der Waals surface area contributed by atoms with Crippen LogP contribution in [-0.4, -0.2) is 5.24 Å². The second-order valence-electron chi connectivity index (χ2n) is 3.16. The Hall–Kier alpha value is -0.820. The van der Waals surface area contributed by atoms with Gasteiger partial charge in [0.2, 0.25) is 5.24 Å². The van der Waals surface area contributed by atoms with Crippen LogP contribution >= 0.6 is 11.6 Å². The third kappa shape index (κ3) is 2.10. The lowest BCUT2D eigenvalue weighted by Crippen LogP contribution is -1.90. The van der Waals surface area contributed by atoms with E-state index < -0.39 is 0 Å². The normalized spacial score (nSPS) is 24.7. The SMILES string of the molecule is C.O=C(Cl)[C@@H]1C[C@H]1c1ccccc1. The lowest BCUT2D eigenvalue weighted by Gasteiger charge is -1.95. The maximum absolute atomic E-state index is 10.8. The molecule has 70 valence electrons. The Morgan fingerprint density at radius 2 is 1.92 bits per heavy atom. The first-order chi connectivity index (χ1) is 5.79. The van der Waals surface area contributed by atoms with Crippen molar-refractivity contribution in [2.24, 2.45) is 5.92 Å². The van der Waals surface area contributed by atoms with E-state index in [2.05, 4.69) is 0 Å². The number of hydrogen-bond donors (Lipinski definition) is 0. The highest BCUT2D eigenvalue weighted by molar-refractivity contribution is 6.64. The highest BCUT2D eigenvalue weighted by Crippen LogP contribution is 2.48. The predicted molar refractivity (Wildman–Crippen MR) is 54.9 cm³/mol. The molecule has 0 N–H and O–H groups in total. The summed E-state index contributed by atoms with van der Waals surface area (Å²) in [6.07, 6.45) is 0.923. The molecule has 1 aliphatic carbocycles. The number of hydrogen-bond acceptors (Lipinski definition) is 1. The smallest absolute Gasteiger partial charge is 0.225 e. The molecule has 0 bridgehead atoms. The van der Waals surface area contributed by atoms with Gasteiger partial charge >= 0.3 is 0 Å². The van der Waals surface area contributed by atoms with Gasteiger partial charge < -0.3 is 0 Å². The van der Waals surface area contributed by atoms with Crippen LogP contribution in [0.4, 0.5) is 0 Å². The first-order valence-electron chi connectivity index (χ1n) is 4.03. The van der Waals surface area contributed by atoms with Crippen molar-refractivity contribution in [2.45, 2.75) is 19.8 Å². The van der Waals surface area contributed by atoms with Gasteiger partial charge in [-0.25, -0.2) is 0 Å². The zero-order valence-corrected chi connectivity index (χ0v) is 7.29. The van der Waals surface area contributed by atoms with Crippen LogP contribution in [-0.2, 0) is 4.79 Å². The van der Waals surface area contributed by atoms with Crippen molar-refractivity contribution in [3.63, 3.8) is 0 Å². The van der Waals surface area contributed by atoms with Gasteiger partial charge in [-0.3, -0.25) is 4.79 Å². The van der Waals surface area contributed by atoms with E-state index in [9.17, 15) is 4.79 Å². The van der Waals surface area contributed by atoms with Gasteiger partial charge in [-0.05, 0) is 29.5 Å². The summed E-state index contributed by atoms with van der Waals surface area (Å²) in [4.78, 5) is 10.8. The Kier molecular flexibility index (Phi) is 3.10. The van der Waals surface area contributed by atoms with E-state index in [1.165, 1.54) is 5.56 Å². The van der Waals surface area contributed by atoms with E-state index in [0.29, 0.717) is 5.92 Å². The van der Waals surface area contributed by atoms with E-state index in [-0.39, 0.29) is 18.6 Å². The molecule has 0 amide bonds. The zero-order chi connectivity index (χ0) is 8.55. The first kappa shape index (κ1) is 10.3. The van der Waals surface area contributed by atoms with Crippen molar-refractivity contribution < 1.29 is 4.79 Å². The maximum atomic E-state index is 10.8.